The molecule has 0 atom stereocenters. The molecule has 1 aromatic rings. The van der Waals surface area contributed by atoms with Gasteiger partial charge in [-0.2, -0.15) is 0 Å². The summed E-state index contributed by atoms with van der Waals surface area (Å²) in [6.07, 6.45) is 0. The average molecular weight is 362 g/mol. The standard InChI is InChI=1S/C18H27BN2O5/c1-16(2,3)21-14(22)12-10-9-11(13(20-12)15(23)24-8)19-25-17(4,5)18(6,7)26-19/h9-10H,1-8H3,(H,21,22). The molecule has 1 aliphatic rings. The Hall–Kier alpha value is -1.93. The van der Waals surface area contributed by atoms with Gasteiger partial charge in [0.25, 0.3) is 5.91 Å². The van der Waals surface area contributed by atoms with Gasteiger partial charge in [-0.3, -0.25) is 4.79 Å². The quantitative estimate of drug-likeness (QED) is 0.651. The molecule has 1 N–H and O–H groups in total. The number of nitrogens with one attached hydrogen (secondary N) is 1. The molecule has 1 saturated heterocycles. The highest BCUT2D eigenvalue weighted by atomic mass is 16.7. The summed E-state index contributed by atoms with van der Waals surface area (Å²) in [5.74, 6) is -1.02. The molecular formula is C18H27BN2O5. The topological polar surface area (TPSA) is 86.8 Å². The van der Waals surface area contributed by atoms with Crippen LogP contribution in [0.4, 0.5) is 0 Å². The molecule has 0 bridgehead atoms. The van der Waals surface area contributed by atoms with Gasteiger partial charge in [-0.15, -0.1) is 0 Å². The Bertz CT molecular complexity index is 709. The van der Waals surface area contributed by atoms with Crippen molar-refractivity contribution in [2.24, 2.45) is 0 Å². The molecule has 1 fully saturated rings. The number of pyridine rings is 1. The number of nitrogens with zero attached hydrogens (tertiary/aromatic N) is 1. The second kappa shape index (κ2) is 6.66. The van der Waals surface area contributed by atoms with E-state index >= 15 is 0 Å². The van der Waals surface area contributed by atoms with Gasteiger partial charge >= 0.3 is 13.1 Å². The van der Waals surface area contributed by atoms with Crippen molar-refractivity contribution in [3.63, 3.8) is 0 Å². The van der Waals surface area contributed by atoms with Crippen LogP contribution in [0, 0.1) is 0 Å². The van der Waals surface area contributed by atoms with Crippen molar-refractivity contribution in [1.82, 2.24) is 10.3 Å². The second-order valence-electron chi connectivity index (χ2n) is 8.42. The highest BCUT2D eigenvalue weighted by Crippen LogP contribution is 2.36. The molecule has 142 valence electrons. The first-order valence-corrected chi connectivity index (χ1v) is 8.55. The number of hydrogen-bond acceptors (Lipinski definition) is 6. The van der Waals surface area contributed by atoms with Crippen molar-refractivity contribution in [3.8, 4) is 0 Å². The summed E-state index contributed by atoms with van der Waals surface area (Å²) in [6, 6.07) is 3.17. The van der Waals surface area contributed by atoms with E-state index in [-0.39, 0.29) is 17.3 Å². The predicted molar refractivity (Wildman–Crippen MR) is 98.5 cm³/mol. The summed E-state index contributed by atoms with van der Waals surface area (Å²) in [5.41, 5.74) is -0.981. The minimum Gasteiger partial charge on any atom is -0.464 e. The van der Waals surface area contributed by atoms with Crippen LogP contribution in [0.5, 0.6) is 0 Å². The van der Waals surface area contributed by atoms with Gasteiger partial charge < -0.3 is 19.4 Å². The fraction of sp³-hybridized carbons (Fsp3) is 0.611. The lowest BCUT2D eigenvalue weighted by atomic mass is 9.77. The van der Waals surface area contributed by atoms with Gasteiger partial charge in [0.15, 0.2) is 0 Å². The number of hydrogen-bond donors (Lipinski definition) is 1. The highest BCUT2D eigenvalue weighted by molar-refractivity contribution is 6.63. The van der Waals surface area contributed by atoms with Crippen molar-refractivity contribution >= 4 is 24.5 Å². The maximum Gasteiger partial charge on any atom is 0.497 e. The maximum absolute atomic E-state index is 12.4. The summed E-state index contributed by atoms with van der Waals surface area (Å²) >= 11 is 0. The molecule has 7 nitrogen and oxygen atoms in total. The molecule has 8 heteroatoms. The third-order valence-electron chi connectivity index (χ3n) is 4.53. The molecule has 0 radical (unpaired) electrons. The first kappa shape index (κ1) is 20.4. The molecule has 0 spiro atoms. The zero-order chi connectivity index (χ0) is 19.9. The number of aromatic nitrogens is 1. The van der Waals surface area contributed by atoms with Crippen molar-refractivity contribution in [3.05, 3.63) is 23.5 Å². The van der Waals surface area contributed by atoms with Crippen molar-refractivity contribution in [2.75, 3.05) is 7.11 Å². The van der Waals surface area contributed by atoms with Crippen molar-refractivity contribution in [1.29, 1.82) is 0 Å². The Morgan fingerprint density at radius 2 is 1.65 bits per heavy atom. The van der Waals surface area contributed by atoms with Crippen molar-refractivity contribution < 1.29 is 23.6 Å². The number of rotatable bonds is 3. The first-order chi connectivity index (χ1) is 11.8. The average Bonchev–Trinajstić information content (AvgIpc) is 2.72. The number of ether oxygens (including phenoxy) is 1. The lowest BCUT2D eigenvalue weighted by Crippen LogP contribution is -2.43. The number of esters is 1. The minimum absolute atomic E-state index is 0.00700. The third-order valence-corrected chi connectivity index (χ3v) is 4.53. The smallest absolute Gasteiger partial charge is 0.464 e. The molecule has 0 saturated carbocycles. The lowest BCUT2D eigenvalue weighted by molar-refractivity contribution is 0.00578. The van der Waals surface area contributed by atoms with E-state index in [1.165, 1.54) is 7.11 Å². The van der Waals surface area contributed by atoms with E-state index in [1.807, 2.05) is 48.5 Å². The van der Waals surface area contributed by atoms with Gasteiger partial charge in [-0.25, -0.2) is 9.78 Å². The predicted octanol–water partition coefficient (Wildman–Crippen LogP) is 1.70. The van der Waals surface area contributed by atoms with E-state index < -0.39 is 29.8 Å². The SMILES string of the molecule is COC(=O)c1nc(C(=O)NC(C)(C)C)ccc1B1OC(C)(C)C(C)(C)O1. The molecule has 26 heavy (non-hydrogen) atoms. The molecular weight excluding hydrogens is 335 g/mol. The Balaban J connectivity index is 2.42. The minimum atomic E-state index is -0.777. The van der Waals surface area contributed by atoms with Gasteiger partial charge in [-0.05, 0) is 54.5 Å². The normalized spacial score (nSPS) is 18.5. The molecule has 1 amide bonds. The summed E-state index contributed by atoms with van der Waals surface area (Å²) in [4.78, 5) is 28.8. The zero-order valence-corrected chi connectivity index (χ0v) is 16.7. The van der Waals surface area contributed by atoms with Gasteiger partial charge in [0.1, 0.15) is 11.4 Å². The molecule has 0 unspecified atom stereocenters. The molecule has 1 aliphatic heterocycles. The Morgan fingerprint density at radius 1 is 1.12 bits per heavy atom. The van der Waals surface area contributed by atoms with Crippen LogP contribution in [0.25, 0.3) is 0 Å². The van der Waals surface area contributed by atoms with Crippen LogP contribution < -0.4 is 10.8 Å². The summed E-state index contributed by atoms with van der Waals surface area (Å²) < 4.78 is 16.8. The molecule has 2 heterocycles. The van der Waals surface area contributed by atoms with Gasteiger partial charge in [-0.1, -0.05) is 6.07 Å². The van der Waals surface area contributed by atoms with Crippen LogP contribution in [-0.2, 0) is 14.0 Å². The molecule has 1 aromatic heterocycles. The van der Waals surface area contributed by atoms with Gasteiger partial charge in [0.2, 0.25) is 0 Å². The van der Waals surface area contributed by atoms with Crippen LogP contribution in [0.2, 0.25) is 0 Å². The highest BCUT2D eigenvalue weighted by Gasteiger charge is 2.52. The lowest BCUT2D eigenvalue weighted by Gasteiger charge is -2.32. The van der Waals surface area contributed by atoms with Crippen molar-refractivity contribution in [2.45, 2.75) is 65.2 Å². The summed E-state index contributed by atoms with van der Waals surface area (Å²) in [6.45, 7) is 13.3. The van der Waals surface area contributed by atoms with E-state index in [9.17, 15) is 9.59 Å². The Labute approximate surface area is 154 Å². The number of amides is 1. The Morgan fingerprint density at radius 3 is 2.12 bits per heavy atom. The Kier molecular flexibility index (Phi) is 5.23. The van der Waals surface area contributed by atoms with E-state index in [0.29, 0.717) is 5.46 Å². The molecule has 0 aliphatic carbocycles. The van der Waals surface area contributed by atoms with E-state index in [2.05, 4.69) is 10.3 Å². The van der Waals surface area contributed by atoms with Gasteiger partial charge in [0.05, 0.1) is 18.3 Å². The van der Waals surface area contributed by atoms with E-state index in [1.54, 1.807) is 12.1 Å². The summed E-state index contributed by atoms with van der Waals surface area (Å²) in [5, 5.41) is 2.82. The van der Waals surface area contributed by atoms with Gasteiger partial charge in [0, 0.05) is 11.0 Å². The van der Waals surface area contributed by atoms with Crippen LogP contribution in [0.1, 0.15) is 69.4 Å². The van der Waals surface area contributed by atoms with Crippen LogP contribution in [0.15, 0.2) is 12.1 Å². The number of carbonyl (C=O) groups excluding carboxylic acids is 2. The molecule has 0 aromatic carbocycles. The number of methoxy groups -OCH3 is 1. The maximum atomic E-state index is 12.4. The fourth-order valence-corrected chi connectivity index (χ4v) is 2.42. The first-order valence-electron chi connectivity index (χ1n) is 8.55. The molecule has 2 rings (SSSR count). The third kappa shape index (κ3) is 4.07. The van der Waals surface area contributed by atoms with E-state index in [0.717, 1.165) is 0 Å². The van der Waals surface area contributed by atoms with Crippen LogP contribution >= 0.6 is 0 Å². The second-order valence-corrected chi connectivity index (χ2v) is 8.42. The largest absolute Gasteiger partial charge is 0.497 e. The zero-order valence-electron chi connectivity index (χ0n) is 16.7. The van der Waals surface area contributed by atoms with E-state index in [4.69, 9.17) is 14.0 Å². The summed E-state index contributed by atoms with van der Waals surface area (Å²) in [7, 11) is 0.487. The monoisotopic (exact) mass is 362 g/mol. The van der Waals surface area contributed by atoms with Crippen LogP contribution in [0.3, 0.4) is 0 Å². The number of carbonyl (C=O) groups is 2. The van der Waals surface area contributed by atoms with Crippen LogP contribution in [-0.4, -0.2) is 47.8 Å². The fourth-order valence-electron chi connectivity index (χ4n) is 2.42.